The molecule has 1 aromatic heterocycles. The lowest BCUT2D eigenvalue weighted by Crippen LogP contribution is -2.40. The summed E-state index contributed by atoms with van der Waals surface area (Å²) in [6.07, 6.45) is 0. The van der Waals surface area contributed by atoms with E-state index in [9.17, 15) is 9.59 Å². The number of hydrogen-bond acceptors (Lipinski definition) is 6. The van der Waals surface area contributed by atoms with Crippen LogP contribution >= 0.6 is 23.1 Å². The summed E-state index contributed by atoms with van der Waals surface area (Å²) in [6.45, 7) is 5.62. The van der Waals surface area contributed by atoms with Crippen molar-refractivity contribution in [1.29, 1.82) is 0 Å². The predicted molar refractivity (Wildman–Crippen MR) is 77.3 cm³/mol. The molecule has 0 aliphatic heterocycles. The van der Waals surface area contributed by atoms with Crippen molar-refractivity contribution in [3.63, 3.8) is 0 Å². The van der Waals surface area contributed by atoms with Gasteiger partial charge in [-0.1, -0.05) is 0 Å². The Balaban J connectivity index is 2.22. The molecule has 1 unspecified atom stereocenters. The van der Waals surface area contributed by atoms with Crippen LogP contribution in [0.1, 0.15) is 24.5 Å². The third-order valence-electron chi connectivity index (χ3n) is 2.17. The Bertz CT molecular complexity index is 434. The van der Waals surface area contributed by atoms with Crippen LogP contribution in [0.15, 0.2) is 5.38 Å². The van der Waals surface area contributed by atoms with Gasteiger partial charge in [0.25, 0.3) is 0 Å². The fourth-order valence-electron chi connectivity index (χ4n) is 1.33. The molecule has 0 aromatic carbocycles. The molecule has 1 N–H and O–H groups in total. The van der Waals surface area contributed by atoms with E-state index in [1.54, 1.807) is 25.2 Å². The molecule has 1 rings (SSSR count). The quantitative estimate of drug-likeness (QED) is 0.777. The van der Waals surface area contributed by atoms with E-state index in [0.717, 1.165) is 10.7 Å². The normalized spacial score (nSPS) is 11.9. The minimum absolute atomic E-state index is 0.169. The average Bonchev–Trinajstić information content (AvgIpc) is 2.75. The first-order valence-electron chi connectivity index (χ1n) is 5.97. The lowest BCUT2D eigenvalue weighted by Gasteiger charge is -2.12. The first-order valence-corrected chi connectivity index (χ1v) is 8.01. The lowest BCUT2D eigenvalue weighted by atomic mass is 10.3. The number of thioether (sulfide) groups is 1. The third kappa shape index (κ3) is 6.07. The number of hydrogen-bond donors (Lipinski definition) is 1. The summed E-state index contributed by atoms with van der Waals surface area (Å²) in [6, 6.07) is -0.602. The highest BCUT2D eigenvalue weighted by atomic mass is 32.2. The first-order chi connectivity index (χ1) is 9.02. The van der Waals surface area contributed by atoms with Gasteiger partial charge in [-0.3, -0.25) is 4.79 Å². The number of carbonyl (C=O) groups is 2. The predicted octanol–water partition coefficient (Wildman–Crippen LogP) is 1.75. The van der Waals surface area contributed by atoms with Gasteiger partial charge in [0.2, 0.25) is 5.91 Å². The second kappa shape index (κ2) is 8.16. The molecule has 0 spiro atoms. The lowest BCUT2D eigenvalue weighted by molar-refractivity contribution is -0.146. The molecule has 106 valence electrons. The summed E-state index contributed by atoms with van der Waals surface area (Å²) in [5.74, 6) is 0.430. The molecule has 7 heteroatoms. The van der Waals surface area contributed by atoms with E-state index in [4.69, 9.17) is 4.74 Å². The second-order valence-corrected chi connectivity index (χ2v) is 5.94. The van der Waals surface area contributed by atoms with E-state index >= 15 is 0 Å². The number of rotatable bonds is 7. The molecule has 0 saturated carbocycles. The van der Waals surface area contributed by atoms with Crippen LogP contribution in [0.25, 0.3) is 0 Å². The SMILES string of the molecule is CCOC(=O)C(C)NC(=O)CSCc1csc(C)n1. The van der Waals surface area contributed by atoms with Crippen molar-refractivity contribution in [2.45, 2.75) is 32.6 Å². The summed E-state index contributed by atoms with van der Waals surface area (Å²) < 4.78 is 4.81. The van der Waals surface area contributed by atoms with E-state index < -0.39 is 12.0 Å². The molecule has 0 saturated heterocycles. The van der Waals surface area contributed by atoms with Gasteiger partial charge in [-0.2, -0.15) is 0 Å². The Labute approximate surface area is 121 Å². The monoisotopic (exact) mass is 302 g/mol. The number of thiazole rings is 1. The van der Waals surface area contributed by atoms with Crippen molar-refractivity contribution in [2.75, 3.05) is 12.4 Å². The maximum atomic E-state index is 11.6. The zero-order chi connectivity index (χ0) is 14.3. The summed E-state index contributed by atoms with van der Waals surface area (Å²) in [7, 11) is 0. The van der Waals surface area contributed by atoms with Crippen LogP contribution in [-0.2, 0) is 20.1 Å². The minimum atomic E-state index is -0.602. The van der Waals surface area contributed by atoms with E-state index in [1.165, 1.54) is 11.8 Å². The molecule has 0 fully saturated rings. The van der Waals surface area contributed by atoms with Crippen LogP contribution in [0.5, 0.6) is 0 Å². The molecule has 19 heavy (non-hydrogen) atoms. The van der Waals surface area contributed by atoms with E-state index in [1.807, 2.05) is 12.3 Å². The minimum Gasteiger partial charge on any atom is -0.464 e. The molecule has 0 aliphatic rings. The van der Waals surface area contributed by atoms with Gasteiger partial charge in [-0.25, -0.2) is 9.78 Å². The van der Waals surface area contributed by atoms with Crippen LogP contribution < -0.4 is 5.32 Å². The third-order valence-corrected chi connectivity index (χ3v) is 3.96. The molecule has 0 radical (unpaired) electrons. The van der Waals surface area contributed by atoms with Crippen LogP contribution in [0.3, 0.4) is 0 Å². The molecular weight excluding hydrogens is 284 g/mol. The molecule has 5 nitrogen and oxygen atoms in total. The van der Waals surface area contributed by atoms with Crippen molar-refractivity contribution in [1.82, 2.24) is 10.3 Å². The Morgan fingerprint density at radius 2 is 2.32 bits per heavy atom. The fourth-order valence-corrected chi connectivity index (χ4v) is 2.78. The standard InChI is InChI=1S/C12H18N2O3S2/c1-4-17-12(16)8(2)13-11(15)7-18-5-10-6-19-9(3)14-10/h6,8H,4-5,7H2,1-3H3,(H,13,15). The Morgan fingerprint density at radius 3 is 2.89 bits per heavy atom. The number of esters is 1. The maximum absolute atomic E-state index is 11.6. The molecular formula is C12H18N2O3S2. The zero-order valence-electron chi connectivity index (χ0n) is 11.3. The highest BCUT2D eigenvalue weighted by molar-refractivity contribution is 7.99. The summed E-state index contributed by atoms with van der Waals surface area (Å²) >= 11 is 3.07. The van der Waals surface area contributed by atoms with Gasteiger partial charge in [0.15, 0.2) is 0 Å². The van der Waals surface area contributed by atoms with Crippen molar-refractivity contribution < 1.29 is 14.3 Å². The van der Waals surface area contributed by atoms with E-state index in [0.29, 0.717) is 18.1 Å². The summed E-state index contributed by atoms with van der Waals surface area (Å²) in [5.41, 5.74) is 0.985. The van der Waals surface area contributed by atoms with Crippen molar-refractivity contribution in [2.24, 2.45) is 0 Å². The number of amides is 1. The number of carbonyl (C=O) groups excluding carboxylic acids is 2. The number of ether oxygens (including phenoxy) is 1. The fraction of sp³-hybridized carbons (Fsp3) is 0.583. The van der Waals surface area contributed by atoms with Crippen molar-refractivity contribution in [3.8, 4) is 0 Å². The molecule has 1 atom stereocenters. The molecule has 1 amide bonds. The van der Waals surface area contributed by atoms with Crippen LogP contribution in [0, 0.1) is 6.92 Å². The van der Waals surface area contributed by atoms with Crippen LogP contribution in [0.2, 0.25) is 0 Å². The van der Waals surface area contributed by atoms with E-state index in [2.05, 4.69) is 10.3 Å². The highest BCUT2D eigenvalue weighted by Gasteiger charge is 2.16. The van der Waals surface area contributed by atoms with Gasteiger partial charge in [-0.05, 0) is 20.8 Å². The number of nitrogens with one attached hydrogen (secondary N) is 1. The summed E-state index contributed by atoms with van der Waals surface area (Å²) in [5, 5.41) is 5.62. The molecule has 1 aromatic rings. The highest BCUT2D eigenvalue weighted by Crippen LogP contribution is 2.14. The maximum Gasteiger partial charge on any atom is 0.328 e. The van der Waals surface area contributed by atoms with Crippen LogP contribution in [0.4, 0.5) is 0 Å². The average molecular weight is 302 g/mol. The second-order valence-electron chi connectivity index (χ2n) is 3.89. The Hall–Kier alpha value is -1.08. The van der Waals surface area contributed by atoms with Gasteiger partial charge in [0.1, 0.15) is 6.04 Å². The Kier molecular flexibility index (Phi) is 6.86. The smallest absolute Gasteiger partial charge is 0.328 e. The van der Waals surface area contributed by atoms with Gasteiger partial charge in [0, 0.05) is 11.1 Å². The molecule has 0 aliphatic carbocycles. The van der Waals surface area contributed by atoms with Crippen LogP contribution in [-0.4, -0.2) is 35.3 Å². The van der Waals surface area contributed by atoms with Crippen molar-refractivity contribution in [3.05, 3.63) is 16.1 Å². The van der Waals surface area contributed by atoms with Gasteiger partial charge < -0.3 is 10.1 Å². The van der Waals surface area contributed by atoms with Crippen molar-refractivity contribution >= 4 is 35.0 Å². The topological polar surface area (TPSA) is 68.3 Å². The first kappa shape index (κ1) is 16.0. The number of aryl methyl sites for hydroxylation is 1. The number of aromatic nitrogens is 1. The van der Waals surface area contributed by atoms with Gasteiger partial charge in [-0.15, -0.1) is 23.1 Å². The number of nitrogens with zero attached hydrogens (tertiary/aromatic N) is 1. The molecule has 1 heterocycles. The Morgan fingerprint density at radius 1 is 1.58 bits per heavy atom. The summed E-state index contributed by atoms with van der Waals surface area (Å²) in [4.78, 5) is 27.2. The zero-order valence-corrected chi connectivity index (χ0v) is 12.9. The van der Waals surface area contributed by atoms with Gasteiger partial charge in [0.05, 0.1) is 23.1 Å². The van der Waals surface area contributed by atoms with E-state index in [-0.39, 0.29) is 5.91 Å². The largest absolute Gasteiger partial charge is 0.464 e. The van der Waals surface area contributed by atoms with Gasteiger partial charge >= 0.3 is 5.97 Å². The molecule has 0 bridgehead atoms.